The maximum atomic E-state index is 5.59. The predicted molar refractivity (Wildman–Crippen MR) is 56.8 cm³/mol. The smallest absolute Gasteiger partial charge is 0.0947 e. The van der Waals surface area contributed by atoms with Gasteiger partial charge in [0.25, 0.3) is 0 Å². The van der Waals surface area contributed by atoms with Crippen LogP contribution in [-0.4, -0.2) is 22.8 Å². The Morgan fingerprint density at radius 3 is 3.13 bits per heavy atom. The van der Waals surface area contributed by atoms with Crippen molar-refractivity contribution in [2.24, 2.45) is 18.8 Å². The molecule has 0 spiro atoms. The van der Waals surface area contributed by atoms with Gasteiger partial charge < -0.3 is 9.30 Å². The minimum Gasteiger partial charge on any atom is -0.381 e. The molecule has 0 amide bonds. The summed E-state index contributed by atoms with van der Waals surface area (Å²) in [4.78, 5) is 4.33. The molecule has 0 aromatic carbocycles. The van der Waals surface area contributed by atoms with E-state index in [4.69, 9.17) is 10.6 Å². The van der Waals surface area contributed by atoms with Gasteiger partial charge in [-0.1, -0.05) is 0 Å². The Morgan fingerprint density at radius 2 is 2.60 bits per heavy atom. The first kappa shape index (κ1) is 10.6. The van der Waals surface area contributed by atoms with E-state index in [2.05, 4.69) is 10.4 Å². The van der Waals surface area contributed by atoms with Crippen molar-refractivity contribution >= 4 is 0 Å². The summed E-state index contributed by atoms with van der Waals surface area (Å²) in [6.07, 6.45) is 6.05. The maximum Gasteiger partial charge on any atom is 0.0947 e. The SMILES string of the molecule is Cn1cnc(C(NN)C2CCCOC2)c1. The van der Waals surface area contributed by atoms with Gasteiger partial charge in [-0.15, -0.1) is 0 Å². The molecule has 1 aromatic heterocycles. The van der Waals surface area contributed by atoms with Crippen molar-refractivity contribution < 1.29 is 4.74 Å². The van der Waals surface area contributed by atoms with E-state index in [-0.39, 0.29) is 6.04 Å². The van der Waals surface area contributed by atoms with Crippen LogP contribution in [0.4, 0.5) is 0 Å². The average Bonchev–Trinajstić information content (AvgIpc) is 2.68. The number of aromatic nitrogens is 2. The largest absolute Gasteiger partial charge is 0.381 e. The Kier molecular flexibility index (Phi) is 3.35. The van der Waals surface area contributed by atoms with Gasteiger partial charge in [-0.2, -0.15) is 0 Å². The van der Waals surface area contributed by atoms with Crippen LogP contribution < -0.4 is 11.3 Å². The van der Waals surface area contributed by atoms with Crippen molar-refractivity contribution in [1.29, 1.82) is 0 Å². The highest BCUT2D eigenvalue weighted by Crippen LogP contribution is 2.26. The lowest BCUT2D eigenvalue weighted by Gasteiger charge is -2.28. The van der Waals surface area contributed by atoms with Crippen LogP contribution in [0.2, 0.25) is 0 Å². The zero-order valence-electron chi connectivity index (χ0n) is 9.02. The van der Waals surface area contributed by atoms with Crippen molar-refractivity contribution in [2.75, 3.05) is 13.2 Å². The lowest BCUT2D eigenvalue weighted by molar-refractivity contribution is 0.0384. The Morgan fingerprint density at radius 1 is 1.73 bits per heavy atom. The molecule has 1 aliphatic heterocycles. The van der Waals surface area contributed by atoms with Crippen LogP contribution >= 0.6 is 0 Å². The molecule has 0 aliphatic carbocycles. The molecule has 1 aromatic rings. The number of ether oxygens (including phenoxy) is 1. The number of aryl methyl sites for hydroxylation is 1. The molecule has 2 atom stereocenters. The van der Waals surface area contributed by atoms with Gasteiger partial charge in [0, 0.05) is 25.8 Å². The summed E-state index contributed by atoms with van der Waals surface area (Å²) >= 11 is 0. The molecule has 2 heterocycles. The van der Waals surface area contributed by atoms with E-state index in [1.54, 1.807) is 6.33 Å². The number of hydrogen-bond acceptors (Lipinski definition) is 4. The first-order valence-corrected chi connectivity index (χ1v) is 5.33. The Bertz CT molecular complexity index is 306. The highest BCUT2D eigenvalue weighted by atomic mass is 16.5. The third-order valence-corrected chi connectivity index (χ3v) is 2.89. The minimum atomic E-state index is 0.103. The molecule has 1 fully saturated rings. The maximum absolute atomic E-state index is 5.59. The number of nitrogens with zero attached hydrogens (tertiary/aromatic N) is 2. The fourth-order valence-corrected chi connectivity index (χ4v) is 2.09. The number of hydrazine groups is 1. The molecular weight excluding hydrogens is 192 g/mol. The number of hydrogen-bond donors (Lipinski definition) is 2. The van der Waals surface area contributed by atoms with E-state index < -0.39 is 0 Å². The fourth-order valence-electron chi connectivity index (χ4n) is 2.09. The van der Waals surface area contributed by atoms with Gasteiger partial charge in [-0.3, -0.25) is 11.3 Å². The molecule has 0 saturated carbocycles. The summed E-state index contributed by atoms with van der Waals surface area (Å²) < 4.78 is 7.40. The summed E-state index contributed by atoms with van der Waals surface area (Å²) in [5.41, 5.74) is 3.84. The molecule has 2 rings (SSSR count). The van der Waals surface area contributed by atoms with Crippen LogP contribution in [-0.2, 0) is 11.8 Å². The lowest BCUT2D eigenvalue weighted by Crippen LogP contribution is -2.37. The van der Waals surface area contributed by atoms with Gasteiger partial charge in [0.1, 0.15) is 0 Å². The highest BCUT2D eigenvalue weighted by molar-refractivity contribution is 5.05. The molecule has 3 N–H and O–H groups in total. The number of nitrogens with one attached hydrogen (secondary N) is 1. The number of nitrogens with two attached hydrogens (primary N) is 1. The van der Waals surface area contributed by atoms with E-state index >= 15 is 0 Å². The summed E-state index contributed by atoms with van der Waals surface area (Å²) in [6.45, 7) is 1.64. The molecule has 0 radical (unpaired) electrons. The van der Waals surface area contributed by atoms with Crippen molar-refractivity contribution in [1.82, 2.24) is 15.0 Å². The molecule has 1 saturated heterocycles. The summed E-state index contributed by atoms with van der Waals surface area (Å²) in [7, 11) is 1.96. The second kappa shape index (κ2) is 4.74. The van der Waals surface area contributed by atoms with Crippen LogP contribution in [0.1, 0.15) is 24.6 Å². The zero-order valence-corrected chi connectivity index (χ0v) is 9.02. The van der Waals surface area contributed by atoms with Gasteiger partial charge in [0.2, 0.25) is 0 Å². The Balaban J connectivity index is 2.08. The fraction of sp³-hybridized carbons (Fsp3) is 0.700. The minimum absolute atomic E-state index is 0.103. The van der Waals surface area contributed by atoms with E-state index in [1.807, 2.05) is 17.8 Å². The van der Waals surface area contributed by atoms with Crippen LogP contribution in [0.15, 0.2) is 12.5 Å². The van der Waals surface area contributed by atoms with Crippen molar-refractivity contribution in [2.45, 2.75) is 18.9 Å². The Hall–Kier alpha value is -0.910. The first-order valence-electron chi connectivity index (χ1n) is 5.33. The molecular formula is C10H18N4O. The predicted octanol–water partition coefficient (Wildman–Crippen LogP) is 0.351. The highest BCUT2D eigenvalue weighted by Gasteiger charge is 2.26. The molecule has 5 heteroatoms. The standard InChI is InChI=1S/C10H18N4O/c1-14-5-9(12-7-14)10(13-11)8-3-2-4-15-6-8/h5,7-8,10,13H,2-4,6,11H2,1H3. The number of rotatable bonds is 3. The van der Waals surface area contributed by atoms with Gasteiger partial charge in [0.15, 0.2) is 0 Å². The van der Waals surface area contributed by atoms with Crippen LogP contribution in [0.5, 0.6) is 0 Å². The van der Waals surface area contributed by atoms with Crippen LogP contribution in [0.25, 0.3) is 0 Å². The molecule has 2 unspecified atom stereocenters. The normalized spacial score (nSPS) is 24.0. The van der Waals surface area contributed by atoms with Crippen molar-refractivity contribution in [3.05, 3.63) is 18.2 Å². The third kappa shape index (κ3) is 2.37. The monoisotopic (exact) mass is 210 g/mol. The third-order valence-electron chi connectivity index (χ3n) is 2.89. The second-order valence-corrected chi connectivity index (χ2v) is 4.09. The quantitative estimate of drug-likeness (QED) is 0.558. The van der Waals surface area contributed by atoms with E-state index in [0.717, 1.165) is 31.7 Å². The van der Waals surface area contributed by atoms with Gasteiger partial charge in [0.05, 0.1) is 24.7 Å². The topological polar surface area (TPSA) is 65.1 Å². The van der Waals surface area contributed by atoms with Crippen LogP contribution in [0.3, 0.4) is 0 Å². The zero-order chi connectivity index (χ0) is 10.7. The average molecular weight is 210 g/mol. The molecule has 1 aliphatic rings. The summed E-state index contributed by atoms with van der Waals surface area (Å²) in [5, 5.41) is 0. The van der Waals surface area contributed by atoms with Crippen molar-refractivity contribution in [3.63, 3.8) is 0 Å². The molecule has 15 heavy (non-hydrogen) atoms. The van der Waals surface area contributed by atoms with Gasteiger partial charge in [-0.05, 0) is 12.8 Å². The second-order valence-electron chi connectivity index (χ2n) is 4.09. The van der Waals surface area contributed by atoms with Crippen molar-refractivity contribution in [3.8, 4) is 0 Å². The molecule has 0 bridgehead atoms. The van der Waals surface area contributed by atoms with E-state index in [0.29, 0.717) is 5.92 Å². The summed E-state index contributed by atoms with van der Waals surface area (Å²) in [6, 6.07) is 0.103. The lowest BCUT2D eigenvalue weighted by atomic mass is 9.92. The van der Waals surface area contributed by atoms with Gasteiger partial charge >= 0.3 is 0 Å². The van der Waals surface area contributed by atoms with E-state index in [1.165, 1.54) is 0 Å². The summed E-state index contributed by atoms with van der Waals surface area (Å²) in [5.74, 6) is 6.02. The Labute approximate surface area is 89.6 Å². The number of imidazole rings is 1. The van der Waals surface area contributed by atoms with Crippen LogP contribution in [0, 0.1) is 5.92 Å². The molecule has 84 valence electrons. The van der Waals surface area contributed by atoms with Gasteiger partial charge in [-0.25, -0.2) is 4.98 Å². The molecule has 5 nitrogen and oxygen atoms in total. The van der Waals surface area contributed by atoms with E-state index in [9.17, 15) is 0 Å². The first-order chi connectivity index (χ1) is 7.31.